The van der Waals surface area contributed by atoms with Crippen molar-refractivity contribution in [2.24, 2.45) is 0 Å². The van der Waals surface area contributed by atoms with E-state index in [9.17, 15) is 9.59 Å². The first-order valence-electron chi connectivity index (χ1n) is 10.8. The van der Waals surface area contributed by atoms with Gasteiger partial charge in [0.05, 0.1) is 17.5 Å². The van der Waals surface area contributed by atoms with E-state index in [2.05, 4.69) is 28.9 Å². The summed E-state index contributed by atoms with van der Waals surface area (Å²) in [5.41, 5.74) is 3.89. The number of para-hydroxylation sites is 2. The van der Waals surface area contributed by atoms with Crippen LogP contribution in [0.15, 0.2) is 89.5 Å². The Morgan fingerprint density at radius 1 is 0.909 bits per heavy atom. The molecular weight excluding hydrogens is 414 g/mol. The Hall–Kier alpha value is -4.32. The lowest BCUT2D eigenvalue weighted by atomic mass is 10.1. The maximum absolute atomic E-state index is 13.2. The van der Waals surface area contributed by atoms with Crippen LogP contribution in [0.2, 0.25) is 0 Å². The van der Waals surface area contributed by atoms with Gasteiger partial charge >= 0.3 is 0 Å². The molecule has 0 aliphatic heterocycles. The zero-order chi connectivity index (χ0) is 22.9. The number of hydrogen-bond donors (Lipinski definition) is 1. The molecule has 2 heterocycles. The second-order valence-corrected chi connectivity index (χ2v) is 7.81. The molecule has 3 aromatic carbocycles. The number of rotatable bonds is 5. The van der Waals surface area contributed by atoms with Crippen molar-refractivity contribution in [2.45, 2.75) is 13.5 Å². The first kappa shape index (κ1) is 20.6. The molecule has 0 spiro atoms. The molecular formula is C27H23N3O3. The quantitative estimate of drug-likeness (QED) is 0.370. The standard InChI is InChI=1S/C27H23N3O3/c1-3-30-23-12-7-4-9-19(23)21-17-18(14-15-24(21)30)28-26(31)20-10-5-6-11-22(20)29(2)27(32)25-13-8-16-33-25/h4-17H,3H2,1-2H3,(H,28,31). The first-order valence-corrected chi connectivity index (χ1v) is 10.8. The summed E-state index contributed by atoms with van der Waals surface area (Å²) < 4.78 is 7.49. The Bertz CT molecular complexity index is 1480. The van der Waals surface area contributed by atoms with Crippen LogP contribution in [-0.4, -0.2) is 23.4 Å². The highest BCUT2D eigenvalue weighted by Crippen LogP contribution is 2.31. The van der Waals surface area contributed by atoms with E-state index in [1.54, 1.807) is 43.4 Å². The van der Waals surface area contributed by atoms with Crippen molar-refractivity contribution in [3.05, 3.63) is 96.4 Å². The van der Waals surface area contributed by atoms with Gasteiger partial charge in [-0.25, -0.2) is 0 Å². The summed E-state index contributed by atoms with van der Waals surface area (Å²) in [6.07, 6.45) is 1.45. The maximum atomic E-state index is 13.2. The van der Waals surface area contributed by atoms with Crippen LogP contribution in [-0.2, 0) is 6.54 Å². The molecule has 0 saturated carbocycles. The van der Waals surface area contributed by atoms with Crippen LogP contribution in [0.25, 0.3) is 21.8 Å². The SMILES string of the molecule is CCn1c2ccccc2c2cc(NC(=O)c3ccccc3N(C)C(=O)c3ccco3)ccc21. The van der Waals surface area contributed by atoms with Gasteiger partial charge in [-0.05, 0) is 55.5 Å². The van der Waals surface area contributed by atoms with Crippen LogP contribution in [0.1, 0.15) is 27.8 Å². The molecule has 0 fully saturated rings. The van der Waals surface area contributed by atoms with Crippen molar-refractivity contribution < 1.29 is 14.0 Å². The van der Waals surface area contributed by atoms with Crippen LogP contribution in [0, 0.1) is 0 Å². The Kier molecular flexibility index (Phi) is 5.18. The minimum absolute atomic E-state index is 0.213. The fourth-order valence-corrected chi connectivity index (χ4v) is 4.30. The molecule has 164 valence electrons. The van der Waals surface area contributed by atoms with Gasteiger partial charge in [0, 0.05) is 41.1 Å². The number of aromatic nitrogens is 1. The van der Waals surface area contributed by atoms with Crippen molar-refractivity contribution in [1.82, 2.24) is 4.57 Å². The number of benzene rings is 3. The third-order valence-corrected chi connectivity index (χ3v) is 5.89. The monoisotopic (exact) mass is 437 g/mol. The van der Waals surface area contributed by atoms with Gasteiger partial charge < -0.3 is 19.2 Å². The Morgan fingerprint density at radius 2 is 1.67 bits per heavy atom. The minimum atomic E-state index is -0.325. The molecule has 0 aliphatic carbocycles. The molecule has 2 aromatic heterocycles. The molecule has 6 heteroatoms. The minimum Gasteiger partial charge on any atom is -0.459 e. The van der Waals surface area contributed by atoms with E-state index in [-0.39, 0.29) is 17.6 Å². The molecule has 5 aromatic rings. The lowest BCUT2D eigenvalue weighted by molar-refractivity contribution is 0.0966. The molecule has 0 saturated heterocycles. The second kappa shape index (κ2) is 8.31. The highest BCUT2D eigenvalue weighted by atomic mass is 16.3. The molecule has 0 bridgehead atoms. The van der Waals surface area contributed by atoms with Crippen LogP contribution >= 0.6 is 0 Å². The highest BCUT2D eigenvalue weighted by molar-refractivity contribution is 6.14. The van der Waals surface area contributed by atoms with Gasteiger partial charge in [0.2, 0.25) is 0 Å². The summed E-state index contributed by atoms with van der Waals surface area (Å²) in [6.45, 7) is 2.98. The number of fused-ring (bicyclic) bond motifs is 3. The van der Waals surface area contributed by atoms with E-state index in [0.717, 1.165) is 22.8 Å². The summed E-state index contributed by atoms with van der Waals surface area (Å²) in [6, 6.07) is 24.5. The average Bonchev–Trinajstić information content (AvgIpc) is 3.49. The molecule has 5 rings (SSSR count). The van der Waals surface area contributed by atoms with Gasteiger partial charge in [-0.2, -0.15) is 0 Å². The molecule has 2 amide bonds. The first-order chi connectivity index (χ1) is 16.1. The molecule has 1 N–H and O–H groups in total. The maximum Gasteiger partial charge on any atom is 0.293 e. The van der Waals surface area contributed by atoms with Crippen LogP contribution in [0.5, 0.6) is 0 Å². The number of nitrogens with zero attached hydrogens (tertiary/aromatic N) is 2. The average molecular weight is 437 g/mol. The smallest absolute Gasteiger partial charge is 0.293 e. The molecule has 6 nitrogen and oxygen atoms in total. The Balaban J connectivity index is 1.48. The number of carbonyl (C=O) groups is 2. The summed E-state index contributed by atoms with van der Waals surface area (Å²) in [4.78, 5) is 27.4. The summed E-state index contributed by atoms with van der Waals surface area (Å²) in [7, 11) is 1.63. The Morgan fingerprint density at radius 3 is 2.45 bits per heavy atom. The molecule has 33 heavy (non-hydrogen) atoms. The van der Waals surface area contributed by atoms with E-state index in [0.29, 0.717) is 16.9 Å². The van der Waals surface area contributed by atoms with Crippen molar-refractivity contribution in [3.8, 4) is 0 Å². The van der Waals surface area contributed by atoms with Crippen molar-refractivity contribution in [3.63, 3.8) is 0 Å². The number of furan rings is 1. The van der Waals surface area contributed by atoms with Crippen LogP contribution in [0.3, 0.4) is 0 Å². The predicted molar refractivity (Wildman–Crippen MR) is 131 cm³/mol. The van der Waals surface area contributed by atoms with E-state index >= 15 is 0 Å². The fourth-order valence-electron chi connectivity index (χ4n) is 4.30. The second-order valence-electron chi connectivity index (χ2n) is 7.81. The number of nitrogens with one attached hydrogen (secondary N) is 1. The normalized spacial score (nSPS) is 11.1. The molecule has 0 aliphatic rings. The van der Waals surface area contributed by atoms with Gasteiger partial charge in [-0.3, -0.25) is 9.59 Å². The largest absolute Gasteiger partial charge is 0.459 e. The number of amides is 2. The number of hydrogen-bond acceptors (Lipinski definition) is 3. The fraction of sp³-hybridized carbons (Fsp3) is 0.111. The lowest BCUT2D eigenvalue weighted by Crippen LogP contribution is -2.28. The van der Waals surface area contributed by atoms with E-state index in [4.69, 9.17) is 4.42 Å². The zero-order valence-corrected chi connectivity index (χ0v) is 18.4. The van der Waals surface area contributed by atoms with Crippen molar-refractivity contribution in [1.29, 1.82) is 0 Å². The van der Waals surface area contributed by atoms with Crippen LogP contribution < -0.4 is 10.2 Å². The third-order valence-electron chi connectivity index (χ3n) is 5.89. The number of anilines is 2. The zero-order valence-electron chi connectivity index (χ0n) is 18.4. The van der Waals surface area contributed by atoms with Crippen molar-refractivity contribution in [2.75, 3.05) is 17.3 Å². The van der Waals surface area contributed by atoms with Gasteiger partial charge in [-0.1, -0.05) is 30.3 Å². The van der Waals surface area contributed by atoms with Gasteiger partial charge in [0.25, 0.3) is 11.8 Å². The lowest BCUT2D eigenvalue weighted by Gasteiger charge is -2.19. The third kappa shape index (κ3) is 3.55. The summed E-state index contributed by atoms with van der Waals surface area (Å²) >= 11 is 0. The van der Waals surface area contributed by atoms with Crippen molar-refractivity contribution >= 4 is 45.0 Å². The van der Waals surface area contributed by atoms with E-state index in [1.165, 1.54) is 16.7 Å². The summed E-state index contributed by atoms with van der Waals surface area (Å²) in [5.74, 6) is -0.400. The molecule has 0 atom stereocenters. The molecule has 0 unspecified atom stereocenters. The Labute approximate surface area is 191 Å². The summed E-state index contributed by atoms with van der Waals surface area (Å²) in [5, 5.41) is 5.24. The highest BCUT2D eigenvalue weighted by Gasteiger charge is 2.21. The van der Waals surface area contributed by atoms with E-state index < -0.39 is 0 Å². The molecule has 0 radical (unpaired) electrons. The van der Waals surface area contributed by atoms with E-state index in [1.807, 2.05) is 30.3 Å². The van der Waals surface area contributed by atoms with Crippen LogP contribution in [0.4, 0.5) is 11.4 Å². The van der Waals surface area contributed by atoms with Gasteiger partial charge in [-0.15, -0.1) is 0 Å². The van der Waals surface area contributed by atoms with Gasteiger partial charge in [0.15, 0.2) is 5.76 Å². The topological polar surface area (TPSA) is 67.5 Å². The number of carbonyl (C=O) groups excluding carboxylic acids is 2. The predicted octanol–water partition coefficient (Wildman–Crippen LogP) is 5.94. The van der Waals surface area contributed by atoms with Gasteiger partial charge in [0.1, 0.15) is 0 Å². The number of aryl methyl sites for hydroxylation is 1.